The van der Waals surface area contributed by atoms with Gasteiger partial charge in [0.1, 0.15) is 5.82 Å². The predicted molar refractivity (Wildman–Crippen MR) is 133 cm³/mol. The van der Waals surface area contributed by atoms with Crippen LogP contribution in [-0.4, -0.2) is 61.8 Å². The summed E-state index contributed by atoms with van der Waals surface area (Å²) in [5.74, 6) is 0.856. The minimum Gasteiger partial charge on any atom is -0.438 e. The molecule has 0 bridgehead atoms. The maximum absolute atomic E-state index is 13.9. The number of aliphatic imine (C=N–C) groups is 1. The average Bonchev–Trinajstić information content (AvgIpc) is 3.12. The molecule has 1 heterocycles. The monoisotopic (exact) mass is 475 g/mol. The molecule has 0 saturated heterocycles. The molecule has 0 radical (unpaired) electrons. The van der Waals surface area contributed by atoms with Crippen LogP contribution in [0.3, 0.4) is 0 Å². The number of nitrogens with zero attached hydrogens (tertiary/aromatic N) is 3. The van der Waals surface area contributed by atoms with Crippen molar-refractivity contribution in [2.24, 2.45) is 16.8 Å². The number of rotatable bonds is 10. The molecule has 1 aromatic carbocycles. The van der Waals surface area contributed by atoms with Crippen molar-refractivity contribution in [1.82, 2.24) is 9.80 Å². The van der Waals surface area contributed by atoms with Gasteiger partial charge in [0, 0.05) is 19.0 Å². The van der Waals surface area contributed by atoms with Crippen LogP contribution in [0.4, 0.5) is 9.18 Å². The number of hydrogen-bond acceptors (Lipinski definition) is 6. The molecule has 7 heteroatoms. The molecule has 3 rings (SSSR count). The molecule has 2 aliphatic rings. The molecule has 190 valence electrons. The fourth-order valence-electron chi connectivity index (χ4n) is 6.05. The van der Waals surface area contributed by atoms with Gasteiger partial charge in [-0.15, -0.1) is 0 Å². The van der Waals surface area contributed by atoms with Crippen LogP contribution in [0.5, 0.6) is 0 Å². The van der Waals surface area contributed by atoms with Crippen LogP contribution in [0.25, 0.3) is 0 Å². The molecular weight excluding hydrogens is 433 g/mol. The lowest BCUT2D eigenvalue weighted by Crippen LogP contribution is -2.50. The SMILES string of the molecule is CCCN1C=NC(CCC)(OC(=O)OC)C1CC1CCC(C(c2cccc(F)c2)N(C)C)CC1. The Labute approximate surface area is 204 Å². The van der Waals surface area contributed by atoms with Crippen LogP contribution in [0.1, 0.15) is 76.8 Å². The highest BCUT2D eigenvalue weighted by atomic mass is 19.1. The van der Waals surface area contributed by atoms with Crippen molar-refractivity contribution in [3.05, 3.63) is 35.6 Å². The van der Waals surface area contributed by atoms with Crippen LogP contribution in [0.2, 0.25) is 0 Å². The third-order valence-corrected chi connectivity index (χ3v) is 7.50. The summed E-state index contributed by atoms with van der Waals surface area (Å²) < 4.78 is 24.6. The number of ether oxygens (including phenoxy) is 2. The van der Waals surface area contributed by atoms with E-state index in [2.05, 4.69) is 37.7 Å². The van der Waals surface area contributed by atoms with Crippen molar-refractivity contribution < 1.29 is 18.7 Å². The number of methoxy groups -OCH3 is 1. The highest BCUT2D eigenvalue weighted by molar-refractivity contribution is 5.64. The minimum absolute atomic E-state index is 0.0286. The second-order valence-corrected chi connectivity index (χ2v) is 10.1. The smallest absolute Gasteiger partial charge is 0.438 e. The first-order valence-corrected chi connectivity index (χ1v) is 12.8. The van der Waals surface area contributed by atoms with Gasteiger partial charge in [-0.25, -0.2) is 14.2 Å². The fraction of sp³-hybridized carbons (Fsp3) is 0.704. The molecule has 3 atom stereocenters. The Bertz CT molecular complexity index is 825. The molecule has 0 N–H and O–H groups in total. The second kappa shape index (κ2) is 12.0. The minimum atomic E-state index is -0.873. The van der Waals surface area contributed by atoms with Crippen molar-refractivity contribution in [2.75, 3.05) is 27.7 Å². The van der Waals surface area contributed by atoms with E-state index in [1.165, 1.54) is 13.2 Å². The van der Waals surface area contributed by atoms with Crippen molar-refractivity contribution >= 4 is 12.5 Å². The highest BCUT2D eigenvalue weighted by Crippen LogP contribution is 2.43. The number of carbonyl (C=O) groups is 1. The standard InChI is InChI=1S/C27H42FN3O3/c1-6-15-27(34-26(32)33-5)24(31(16-7-2)19-29-27)17-20-11-13-21(14-12-20)25(30(3)4)22-9-8-10-23(28)18-22/h8-10,18-21,24-25H,6-7,11-17H2,1-5H3. The zero-order valence-corrected chi connectivity index (χ0v) is 21.5. The number of hydrogen-bond donors (Lipinski definition) is 0. The summed E-state index contributed by atoms with van der Waals surface area (Å²) in [5, 5.41) is 0. The van der Waals surface area contributed by atoms with E-state index in [0.717, 1.165) is 57.1 Å². The summed E-state index contributed by atoms with van der Waals surface area (Å²) in [4.78, 5) is 21.4. The summed E-state index contributed by atoms with van der Waals surface area (Å²) in [6.45, 7) is 5.14. The van der Waals surface area contributed by atoms with Gasteiger partial charge in [-0.05, 0) is 69.3 Å². The molecule has 3 unspecified atom stereocenters. The number of benzene rings is 1. The van der Waals surface area contributed by atoms with Crippen molar-refractivity contribution in [2.45, 2.75) is 83.0 Å². The van der Waals surface area contributed by atoms with E-state index < -0.39 is 11.9 Å². The molecule has 0 aromatic heterocycles. The van der Waals surface area contributed by atoms with Gasteiger partial charge in [0.2, 0.25) is 5.72 Å². The zero-order chi connectivity index (χ0) is 24.7. The van der Waals surface area contributed by atoms with Crippen LogP contribution in [0.15, 0.2) is 29.3 Å². The van der Waals surface area contributed by atoms with Crippen molar-refractivity contribution in [3.8, 4) is 0 Å². The van der Waals surface area contributed by atoms with E-state index in [0.29, 0.717) is 18.3 Å². The van der Waals surface area contributed by atoms with E-state index in [1.54, 1.807) is 6.07 Å². The molecule has 34 heavy (non-hydrogen) atoms. The third kappa shape index (κ3) is 6.09. The highest BCUT2D eigenvalue weighted by Gasteiger charge is 2.49. The lowest BCUT2D eigenvalue weighted by atomic mass is 9.73. The van der Waals surface area contributed by atoms with Gasteiger partial charge < -0.3 is 19.3 Å². The second-order valence-electron chi connectivity index (χ2n) is 10.1. The first-order valence-electron chi connectivity index (χ1n) is 12.8. The normalized spacial score (nSPS) is 27.7. The summed E-state index contributed by atoms with van der Waals surface area (Å²) in [6, 6.07) is 7.28. The number of carbonyl (C=O) groups excluding carboxylic acids is 1. The summed E-state index contributed by atoms with van der Waals surface area (Å²) >= 11 is 0. The van der Waals surface area contributed by atoms with Gasteiger partial charge in [0.15, 0.2) is 0 Å². The van der Waals surface area contributed by atoms with Gasteiger partial charge in [0.05, 0.1) is 19.5 Å². The van der Waals surface area contributed by atoms with Crippen LogP contribution >= 0.6 is 0 Å². The van der Waals surface area contributed by atoms with E-state index in [1.807, 2.05) is 18.5 Å². The lowest BCUT2D eigenvalue weighted by Gasteiger charge is -2.41. The van der Waals surface area contributed by atoms with Gasteiger partial charge in [0.25, 0.3) is 0 Å². The Morgan fingerprint density at radius 3 is 2.56 bits per heavy atom. The van der Waals surface area contributed by atoms with Gasteiger partial charge >= 0.3 is 6.16 Å². The van der Waals surface area contributed by atoms with Crippen molar-refractivity contribution in [3.63, 3.8) is 0 Å². The third-order valence-electron chi connectivity index (χ3n) is 7.50. The Morgan fingerprint density at radius 2 is 1.97 bits per heavy atom. The van der Waals surface area contributed by atoms with Gasteiger partial charge in [-0.3, -0.25) is 0 Å². The first-order chi connectivity index (χ1) is 16.3. The Kier molecular flexibility index (Phi) is 9.34. The lowest BCUT2D eigenvalue weighted by molar-refractivity contribution is -0.0623. The molecule has 0 amide bonds. The molecular formula is C27H42FN3O3. The molecule has 1 aromatic rings. The van der Waals surface area contributed by atoms with Crippen molar-refractivity contribution in [1.29, 1.82) is 0 Å². The first kappa shape index (κ1) is 26.5. The Balaban J connectivity index is 1.71. The molecule has 1 aliphatic heterocycles. The van der Waals surface area contributed by atoms with Gasteiger partial charge in [-0.2, -0.15) is 0 Å². The fourth-order valence-corrected chi connectivity index (χ4v) is 6.05. The zero-order valence-electron chi connectivity index (χ0n) is 21.5. The van der Waals surface area contributed by atoms with Crippen LogP contribution in [0, 0.1) is 17.7 Å². The predicted octanol–water partition coefficient (Wildman–Crippen LogP) is 6.03. The maximum Gasteiger partial charge on any atom is 0.510 e. The van der Waals surface area contributed by atoms with Gasteiger partial charge in [-0.1, -0.05) is 45.2 Å². The average molecular weight is 476 g/mol. The molecule has 6 nitrogen and oxygen atoms in total. The van der Waals surface area contributed by atoms with E-state index in [-0.39, 0.29) is 17.9 Å². The van der Waals surface area contributed by atoms with Crippen LogP contribution < -0.4 is 0 Å². The van der Waals surface area contributed by atoms with E-state index in [9.17, 15) is 9.18 Å². The molecule has 0 spiro atoms. The summed E-state index contributed by atoms with van der Waals surface area (Å²) in [6.07, 6.45) is 9.14. The molecule has 1 aliphatic carbocycles. The maximum atomic E-state index is 13.9. The summed E-state index contributed by atoms with van der Waals surface area (Å²) in [5.41, 5.74) is 0.182. The Hall–Kier alpha value is -2.15. The quantitative estimate of drug-likeness (QED) is 0.387. The summed E-state index contributed by atoms with van der Waals surface area (Å²) in [7, 11) is 5.52. The topological polar surface area (TPSA) is 54.4 Å². The Morgan fingerprint density at radius 1 is 1.24 bits per heavy atom. The van der Waals surface area contributed by atoms with E-state index in [4.69, 9.17) is 14.5 Å². The van der Waals surface area contributed by atoms with E-state index >= 15 is 0 Å². The molecule has 1 saturated carbocycles. The number of halogens is 1. The van der Waals surface area contributed by atoms with Crippen LogP contribution in [-0.2, 0) is 9.47 Å². The molecule has 1 fully saturated rings. The largest absolute Gasteiger partial charge is 0.510 e.